The average Bonchev–Trinajstić information content (AvgIpc) is 2.30. The maximum atomic E-state index is 10.8. The normalized spacial score (nSPS) is 12.1. The first-order chi connectivity index (χ1) is 8.43. The molecule has 0 amide bonds. The fourth-order valence-corrected chi connectivity index (χ4v) is 2.56. The molecule has 6 nitrogen and oxygen atoms in total. The monoisotopic (exact) mass is 290 g/mol. The minimum absolute atomic E-state index is 0.0705. The molecule has 1 atom stereocenters. The minimum atomic E-state index is -1.10. The Morgan fingerprint density at radius 2 is 2.28 bits per heavy atom. The van der Waals surface area contributed by atoms with E-state index in [1.165, 1.54) is 23.9 Å². The van der Waals surface area contributed by atoms with E-state index in [-0.39, 0.29) is 17.2 Å². The zero-order chi connectivity index (χ0) is 13.7. The summed E-state index contributed by atoms with van der Waals surface area (Å²) in [7, 11) is 0. The molecule has 0 heterocycles. The SMILES string of the molecule is N[C@H](CSCc1c(Cl)cccc1[N+](=O)[O-])C(=O)O. The second-order valence-corrected chi connectivity index (χ2v) is 4.89. The molecule has 0 bridgehead atoms. The summed E-state index contributed by atoms with van der Waals surface area (Å²) in [6, 6.07) is 3.43. The van der Waals surface area contributed by atoms with Crippen LogP contribution < -0.4 is 5.73 Å². The van der Waals surface area contributed by atoms with Gasteiger partial charge >= 0.3 is 5.97 Å². The van der Waals surface area contributed by atoms with Gasteiger partial charge in [0.1, 0.15) is 6.04 Å². The summed E-state index contributed by atoms with van der Waals surface area (Å²) in [6.45, 7) is 0. The maximum absolute atomic E-state index is 10.8. The Morgan fingerprint density at radius 1 is 1.61 bits per heavy atom. The average molecular weight is 291 g/mol. The molecule has 0 spiro atoms. The van der Waals surface area contributed by atoms with E-state index >= 15 is 0 Å². The van der Waals surface area contributed by atoms with Crippen molar-refractivity contribution in [2.45, 2.75) is 11.8 Å². The summed E-state index contributed by atoms with van der Waals surface area (Å²) in [5.74, 6) is -0.689. The molecular formula is C10H11ClN2O4S. The van der Waals surface area contributed by atoms with E-state index in [1.54, 1.807) is 6.07 Å². The van der Waals surface area contributed by atoms with Gasteiger partial charge in [-0.3, -0.25) is 14.9 Å². The molecule has 0 saturated carbocycles. The molecule has 0 aliphatic carbocycles. The lowest BCUT2D eigenvalue weighted by molar-refractivity contribution is -0.385. The number of carboxylic acids is 1. The van der Waals surface area contributed by atoms with Crippen molar-refractivity contribution in [3.63, 3.8) is 0 Å². The molecule has 0 fully saturated rings. The van der Waals surface area contributed by atoms with E-state index < -0.39 is 16.9 Å². The van der Waals surface area contributed by atoms with Crippen LogP contribution in [0, 0.1) is 10.1 Å². The van der Waals surface area contributed by atoms with Gasteiger partial charge in [-0.1, -0.05) is 17.7 Å². The zero-order valence-electron chi connectivity index (χ0n) is 9.21. The van der Waals surface area contributed by atoms with Crippen LogP contribution in [-0.2, 0) is 10.5 Å². The van der Waals surface area contributed by atoms with E-state index in [0.717, 1.165) is 0 Å². The molecule has 1 rings (SSSR count). The largest absolute Gasteiger partial charge is 0.480 e. The number of nitrogens with two attached hydrogens (primary N) is 1. The fourth-order valence-electron chi connectivity index (χ4n) is 1.22. The molecule has 1 aromatic rings. The summed E-state index contributed by atoms with van der Waals surface area (Å²) in [4.78, 5) is 20.8. The molecule has 0 aromatic heterocycles. The van der Waals surface area contributed by atoms with Crippen LogP contribution >= 0.6 is 23.4 Å². The standard InChI is InChI=1S/C10H11ClN2O4S/c11-7-2-1-3-9(13(16)17)6(7)4-18-5-8(12)10(14)15/h1-3,8H,4-5,12H2,(H,14,15)/t8-/m1/s1. The number of benzene rings is 1. The third-order valence-corrected chi connectivity index (χ3v) is 3.59. The highest BCUT2D eigenvalue weighted by Crippen LogP contribution is 2.29. The third-order valence-electron chi connectivity index (χ3n) is 2.15. The number of hydrogen-bond donors (Lipinski definition) is 2. The Bertz CT molecular complexity index is 469. The van der Waals surface area contributed by atoms with Crippen LogP contribution in [0.2, 0.25) is 5.02 Å². The molecule has 8 heteroatoms. The summed E-state index contributed by atoms with van der Waals surface area (Å²) in [5, 5.41) is 19.7. The van der Waals surface area contributed by atoms with Gasteiger partial charge < -0.3 is 10.8 Å². The zero-order valence-corrected chi connectivity index (χ0v) is 10.8. The molecule has 18 heavy (non-hydrogen) atoms. The van der Waals surface area contributed by atoms with Gasteiger partial charge in [0.15, 0.2) is 0 Å². The van der Waals surface area contributed by atoms with Crippen molar-refractivity contribution >= 4 is 35.0 Å². The van der Waals surface area contributed by atoms with Crippen LogP contribution in [0.4, 0.5) is 5.69 Å². The summed E-state index contributed by atoms with van der Waals surface area (Å²) in [5.41, 5.74) is 5.64. The number of aliphatic carboxylic acids is 1. The van der Waals surface area contributed by atoms with Crippen molar-refractivity contribution < 1.29 is 14.8 Å². The quantitative estimate of drug-likeness (QED) is 0.612. The number of hydrogen-bond acceptors (Lipinski definition) is 5. The van der Waals surface area contributed by atoms with Crippen molar-refractivity contribution in [1.29, 1.82) is 0 Å². The molecule has 0 radical (unpaired) electrons. The number of nitro groups is 1. The van der Waals surface area contributed by atoms with Gasteiger partial charge in [-0.2, -0.15) is 11.8 Å². The molecule has 0 saturated heterocycles. The smallest absolute Gasteiger partial charge is 0.321 e. The van der Waals surface area contributed by atoms with Crippen LogP contribution in [0.3, 0.4) is 0 Å². The van der Waals surface area contributed by atoms with Gasteiger partial charge in [0.2, 0.25) is 0 Å². The highest BCUT2D eigenvalue weighted by Gasteiger charge is 2.18. The number of carbonyl (C=O) groups is 1. The first kappa shape index (κ1) is 14.7. The van der Waals surface area contributed by atoms with E-state index in [4.69, 9.17) is 22.4 Å². The first-order valence-corrected chi connectivity index (χ1v) is 6.44. The second-order valence-electron chi connectivity index (χ2n) is 3.45. The first-order valence-electron chi connectivity index (χ1n) is 4.91. The van der Waals surface area contributed by atoms with E-state index in [1.807, 2.05) is 0 Å². The van der Waals surface area contributed by atoms with Crippen molar-refractivity contribution in [3.8, 4) is 0 Å². The van der Waals surface area contributed by atoms with Crippen molar-refractivity contribution in [2.75, 3.05) is 5.75 Å². The van der Waals surface area contributed by atoms with Gasteiger partial charge in [0, 0.05) is 17.6 Å². The number of halogens is 1. The molecule has 1 aromatic carbocycles. The highest BCUT2D eigenvalue weighted by molar-refractivity contribution is 7.98. The van der Waals surface area contributed by atoms with Crippen molar-refractivity contribution in [3.05, 3.63) is 38.9 Å². The van der Waals surface area contributed by atoms with Gasteiger partial charge in [-0.15, -0.1) is 0 Å². The van der Waals surface area contributed by atoms with Gasteiger partial charge in [0.25, 0.3) is 5.69 Å². The number of rotatable bonds is 6. The predicted molar refractivity (Wildman–Crippen MR) is 69.9 cm³/mol. The Morgan fingerprint density at radius 3 is 2.83 bits per heavy atom. The lowest BCUT2D eigenvalue weighted by Gasteiger charge is -2.07. The molecule has 0 aliphatic rings. The number of nitrogens with zero attached hydrogens (tertiary/aromatic N) is 1. The molecule has 0 unspecified atom stereocenters. The lowest BCUT2D eigenvalue weighted by atomic mass is 10.2. The molecule has 98 valence electrons. The number of carboxylic acid groups (broad SMARTS) is 1. The lowest BCUT2D eigenvalue weighted by Crippen LogP contribution is -2.32. The minimum Gasteiger partial charge on any atom is -0.480 e. The van der Waals surface area contributed by atoms with Crippen LogP contribution in [0.1, 0.15) is 5.56 Å². The topological polar surface area (TPSA) is 106 Å². The Labute approximate surface area is 112 Å². The maximum Gasteiger partial charge on any atom is 0.321 e. The predicted octanol–water partition coefficient (Wildman–Crippen LogP) is 1.89. The Hall–Kier alpha value is -1.31. The van der Waals surface area contributed by atoms with Gasteiger partial charge in [-0.05, 0) is 6.07 Å². The third kappa shape index (κ3) is 3.86. The molecular weight excluding hydrogens is 280 g/mol. The highest BCUT2D eigenvalue weighted by atomic mass is 35.5. The van der Waals surface area contributed by atoms with E-state index in [0.29, 0.717) is 10.6 Å². The Balaban J connectivity index is 2.72. The molecule has 3 N–H and O–H groups in total. The van der Waals surface area contributed by atoms with Crippen LogP contribution in [-0.4, -0.2) is 27.8 Å². The molecule has 0 aliphatic heterocycles. The van der Waals surface area contributed by atoms with Crippen LogP contribution in [0.25, 0.3) is 0 Å². The Kier molecular flexibility index (Phi) is 5.39. The summed E-state index contributed by atoms with van der Waals surface area (Å²) < 4.78 is 0. The van der Waals surface area contributed by atoms with Gasteiger partial charge in [0.05, 0.1) is 15.5 Å². The summed E-state index contributed by atoms with van der Waals surface area (Å²) >= 11 is 7.08. The number of nitro benzene ring substituents is 1. The van der Waals surface area contributed by atoms with E-state index in [2.05, 4.69) is 0 Å². The van der Waals surface area contributed by atoms with Crippen molar-refractivity contribution in [1.82, 2.24) is 0 Å². The van der Waals surface area contributed by atoms with E-state index in [9.17, 15) is 14.9 Å². The fraction of sp³-hybridized carbons (Fsp3) is 0.300. The van der Waals surface area contributed by atoms with Crippen LogP contribution in [0.5, 0.6) is 0 Å². The van der Waals surface area contributed by atoms with Gasteiger partial charge in [-0.25, -0.2) is 0 Å². The van der Waals surface area contributed by atoms with Crippen molar-refractivity contribution in [2.24, 2.45) is 5.73 Å². The van der Waals surface area contributed by atoms with Crippen LogP contribution in [0.15, 0.2) is 18.2 Å². The second kappa shape index (κ2) is 6.58. The summed E-state index contributed by atoms with van der Waals surface area (Å²) in [6.07, 6.45) is 0. The number of thioether (sulfide) groups is 1.